The van der Waals surface area contributed by atoms with Crippen LogP contribution >= 0.6 is 0 Å². The maximum Gasteiger partial charge on any atom is 0.333 e. The van der Waals surface area contributed by atoms with E-state index in [1.165, 1.54) is 21.3 Å². The molecule has 0 aliphatic rings. The highest BCUT2D eigenvalue weighted by molar-refractivity contribution is 5.92. The van der Waals surface area contributed by atoms with Crippen molar-refractivity contribution in [1.82, 2.24) is 0 Å². The van der Waals surface area contributed by atoms with Gasteiger partial charge in [-0.05, 0) is 0 Å². The van der Waals surface area contributed by atoms with Crippen LogP contribution in [0.25, 0.3) is 0 Å². The van der Waals surface area contributed by atoms with Crippen LogP contribution in [0.1, 0.15) is 6.42 Å². The molecule has 1 N–H and O–H groups in total. The van der Waals surface area contributed by atoms with Gasteiger partial charge < -0.3 is 19.3 Å². The molecule has 8 heteroatoms. The van der Waals surface area contributed by atoms with Crippen LogP contribution in [0.5, 0.6) is 0 Å². The molecule has 0 spiro atoms. The van der Waals surface area contributed by atoms with Gasteiger partial charge in [0, 0.05) is 17.7 Å². The summed E-state index contributed by atoms with van der Waals surface area (Å²) in [6.07, 6.45) is 1.62. The zero-order valence-corrected chi connectivity index (χ0v) is 11.4. The van der Waals surface area contributed by atoms with Gasteiger partial charge >= 0.3 is 23.9 Å². The van der Waals surface area contributed by atoms with Crippen molar-refractivity contribution >= 4 is 23.9 Å². The Bertz CT molecular complexity index is 390. The predicted molar refractivity (Wildman–Crippen MR) is 66.6 cm³/mol. The van der Waals surface area contributed by atoms with Crippen LogP contribution in [0.2, 0.25) is 0 Å². The standard InChI is InChI=1S/2C6H8O4/c1-9-5(7)3-4-6(8)10-2;1-4(3-5(7)8)6(9)10-2/h3-4H,1-2H3;1,3H2,2H3,(H,7,8)/b4-3+;. The number of carbonyl (C=O) groups is 4. The Balaban J connectivity index is 0. The molecule has 0 aromatic heterocycles. The number of carboxylic acid groups (broad SMARTS) is 1. The normalized spacial score (nSPS) is 8.95. The molecule has 0 unspecified atom stereocenters. The monoisotopic (exact) mass is 288 g/mol. The highest BCUT2D eigenvalue weighted by atomic mass is 16.5. The van der Waals surface area contributed by atoms with E-state index in [0.29, 0.717) is 0 Å². The molecule has 0 aliphatic carbocycles. The van der Waals surface area contributed by atoms with Crippen LogP contribution in [-0.4, -0.2) is 50.3 Å². The van der Waals surface area contributed by atoms with Gasteiger partial charge in [0.15, 0.2) is 0 Å². The summed E-state index contributed by atoms with van der Waals surface area (Å²) in [6, 6.07) is 0. The minimum Gasteiger partial charge on any atom is -0.481 e. The minimum atomic E-state index is -1.09. The largest absolute Gasteiger partial charge is 0.481 e. The van der Waals surface area contributed by atoms with Crippen molar-refractivity contribution in [3.8, 4) is 0 Å². The van der Waals surface area contributed by atoms with Crippen molar-refractivity contribution < 1.29 is 38.5 Å². The van der Waals surface area contributed by atoms with Gasteiger partial charge in [0.25, 0.3) is 0 Å². The van der Waals surface area contributed by atoms with E-state index >= 15 is 0 Å². The van der Waals surface area contributed by atoms with Gasteiger partial charge in [0.05, 0.1) is 27.8 Å². The molecule has 20 heavy (non-hydrogen) atoms. The molecule has 0 radical (unpaired) electrons. The van der Waals surface area contributed by atoms with Crippen molar-refractivity contribution in [2.75, 3.05) is 21.3 Å². The fourth-order valence-electron chi connectivity index (χ4n) is 0.671. The lowest BCUT2D eigenvalue weighted by atomic mass is 10.2. The third kappa shape index (κ3) is 11.8. The van der Waals surface area contributed by atoms with Gasteiger partial charge in [-0.15, -0.1) is 0 Å². The molecule has 0 bridgehead atoms. The number of hydrogen-bond donors (Lipinski definition) is 1. The Labute approximate surface area is 115 Å². The van der Waals surface area contributed by atoms with E-state index in [1.54, 1.807) is 0 Å². The van der Waals surface area contributed by atoms with Crippen LogP contribution in [0.3, 0.4) is 0 Å². The minimum absolute atomic E-state index is 0.0463. The average molecular weight is 288 g/mol. The lowest BCUT2D eigenvalue weighted by molar-refractivity contribution is -0.141. The van der Waals surface area contributed by atoms with Gasteiger partial charge in [-0.3, -0.25) is 4.79 Å². The molecular formula is C12H16O8. The summed E-state index contributed by atoms with van der Waals surface area (Å²) < 4.78 is 12.6. The van der Waals surface area contributed by atoms with Crippen LogP contribution in [-0.2, 0) is 33.4 Å². The number of aliphatic carboxylic acids is 1. The first-order chi connectivity index (χ1) is 9.28. The molecule has 0 saturated carbocycles. The lowest BCUT2D eigenvalue weighted by Crippen LogP contribution is -2.07. The van der Waals surface area contributed by atoms with Gasteiger partial charge in [-0.2, -0.15) is 0 Å². The Kier molecular flexibility index (Phi) is 11.3. The summed E-state index contributed by atoms with van der Waals surface area (Å²) in [7, 11) is 3.63. The van der Waals surface area contributed by atoms with Crippen LogP contribution < -0.4 is 0 Å². The summed E-state index contributed by atoms with van der Waals surface area (Å²) in [5, 5.41) is 8.16. The van der Waals surface area contributed by atoms with E-state index < -0.39 is 23.9 Å². The topological polar surface area (TPSA) is 116 Å². The quantitative estimate of drug-likeness (QED) is 0.429. The number of methoxy groups -OCH3 is 3. The molecule has 8 nitrogen and oxygen atoms in total. The molecule has 0 aliphatic heterocycles. The zero-order chi connectivity index (χ0) is 16.1. The number of carbonyl (C=O) groups excluding carboxylic acids is 3. The van der Waals surface area contributed by atoms with E-state index in [9.17, 15) is 19.2 Å². The Morgan fingerprint density at radius 2 is 1.35 bits per heavy atom. The fourth-order valence-corrected chi connectivity index (χ4v) is 0.671. The molecule has 0 heterocycles. The SMILES string of the molecule is C=C(CC(=O)O)C(=O)OC.COC(=O)/C=C/C(=O)OC. The van der Waals surface area contributed by atoms with Crippen LogP contribution in [0.4, 0.5) is 0 Å². The molecular weight excluding hydrogens is 272 g/mol. The Morgan fingerprint density at radius 1 is 0.950 bits per heavy atom. The van der Waals surface area contributed by atoms with Crippen LogP contribution in [0, 0.1) is 0 Å². The molecule has 0 rings (SSSR count). The molecule has 0 fully saturated rings. The number of ether oxygens (including phenoxy) is 3. The van der Waals surface area contributed by atoms with Crippen molar-refractivity contribution in [3.63, 3.8) is 0 Å². The van der Waals surface area contributed by atoms with E-state index in [2.05, 4.69) is 20.8 Å². The first-order valence-electron chi connectivity index (χ1n) is 5.10. The number of esters is 3. The van der Waals surface area contributed by atoms with Gasteiger partial charge in [0.2, 0.25) is 0 Å². The summed E-state index contributed by atoms with van der Waals surface area (Å²) in [4.78, 5) is 41.1. The molecule has 0 aromatic carbocycles. The summed E-state index contributed by atoms with van der Waals surface area (Å²) in [5.74, 6) is -2.92. The first kappa shape index (κ1) is 19.7. The van der Waals surface area contributed by atoms with Gasteiger partial charge in [-0.25, -0.2) is 14.4 Å². The maximum absolute atomic E-state index is 10.5. The molecule has 0 atom stereocenters. The number of hydrogen-bond acceptors (Lipinski definition) is 7. The van der Waals surface area contributed by atoms with Crippen LogP contribution in [0.15, 0.2) is 24.3 Å². The van der Waals surface area contributed by atoms with E-state index in [-0.39, 0.29) is 12.0 Å². The van der Waals surface area contributed by atoms with Crippen molar-refractivity contribution in [2.24, 2.45) is 0 Å². The van der Waals surface area contributed by atoms with Crippen molar-refractivity contribution in [1.29, 1.82) is 0 Å². The lowest BCUT2D eigenvalue weighted by Gasteiger charge is -1.97. The number of rotatable bonds is 5. The predicted octanol–water partition coefficient (Wildman–Crippen LogP) is 0.0789. The summed E-state index contributed by atoms with van der Waals surface area (Å²) >= 11 is 0. The van der Waals surface area contributed by atoms with E-state index in [4.69, 9.17) is 5.11 Å². The zero-order valence-electron chi connectivity index (χ0n) is 11.4. The van der Waals surface area contributed by atoms with E-state index in [1.807, 2.05) is 0 Å². The fraction of sp³-hybridized carbons (Fsp3) is 0.333. The maximum atomic E-state index is 10.5. The highest BCUT2D eigenvalue weighted by Crippen LogP contribution is 1.98. The average Bonchev–Trinajstić information content (AvgIpc) is 2.43. The second-order valence-corrected chi connectivity index (χ2v) is 3.05. The third-order valence-electron chi connectivity index (χ3n) is 1.60. The van der Waals surface area contributed by atoms with Gasteiger partial charge in [0.1, 0.15) is 0 Å². The molecule has 0 aromatic rings. The van der Waals surface area contributed by atoms with Crippen molar-refractivity contribution in [2.45, 2.75) is 6.42 Å². The first-order valence-corrected chi connectivity index (χ1v) is 5.10. The summed E-state index contributed by atoms with van der Waals surface area (Å²) in [6.45, 7) is 3.21. The Morgan fingerprint density at radius 3 is 1.60 bits per heavy atom. The summed E-state index contributed by atoms with van der Waals surface area (Å²) in [5.41, 5.74) is -0.0463. The third-order valence-corrected chi connectivity index (χ3v) is 1.60. The van der Waals surface area contributed by atoms with Crippen molar-refractivity contribution in [3.05, 3.63) is 24.3 Å². The Hall–Kier alpha value is -2.64. The molecule has 0 saturated heterocycles. The molecule has 112 valence electrons. The second kappa shape index (κ2) is 11.5. The smallest absolute Gasteiger partial charge is 0.333 e. The van der Waals surface area contributed by atoms with Gasteiger partial charge in [-0.1, -0.05) is 6.58 Å². The van der Waals surface area contributed by atoms with E-state index in [0.717, 1.165) is 12.2 Å². The second-order valence-electron chi connectivity index (χ2n) is 3.05. The molecule has 0 amide bonds. The number of carboxylic acids is 1. The highest BCUT2D eigenvalue weighted by Gasteiger charge is 2.09.